The molecule has 2 heterocycles. The molecule has 3 rings (SSSR count). The Kier molecular flexibility index (Phi) is 3.17. The van der Waals surface area contributed by atoms with Gasteiger partial charge in [-0.1, -0.05) is 0 Å². The first-order valence-corrected chi connectivity index (χ1v) is 6.60. The van der Waals surface area contributed by atoms with Crippen LogP contribution in [-0.2, 0) is 0 Å². The number of aryl methyl sites for hydroxylation is 2. The second kappa shape index (κ2) is 5.01. The Morgan fingerprint density at radius 1 is 1.19 bits per heavy atom. The van der Waals surface area contributed by atoms with Crippen molar-refractivity contribution in [1.82, 2.24) is 15.0 Å². The number of benzene rings is 1. The van der Waals surface area contributed by atoms with Crippen LogP contribution in [0.1, 0.15) is 11.3 Å². The lowest BCUT2D eigenvalue weighted by Gasteiger charge is -2.10. The Balaban J connectivity index is 2.31. The van der Waals surface area contributed by atoms with Crippen molar-refractivity contribution in [2.24, 2.45) is 0 Å². The highest BCUT2D eigenvalue weighted by molar-refractivity contribution is 5.85. The Morgan fingerprint density at radius 2 is 2.00 bits per heavy atom. The average Bonchev–Trinajstić information content (AvgIpc) is 2.48. The van der Waals surface area contributed by atoms with Gasteiger partial charge in [-0.2, -0.15) is 0 Å². The summed E-state index contributed by atoms with van der Waals surface area (Å²) in [6.07, 6.45) is 3.32. The summed E-state index contributed by atoms with van der Waals surface area (Å²) in [7, 11) is 1.61. The molecule has 0 aliphatic rings. The van der Waals surface area contributed by atoms with Gasteiger partial charge in [-0.3, -0.25) is 9.78 Å². The molecule has 3 aromatic rings. The lowest BCUT2D eigenvalue weighted by atomic mass is 10.1. The van der Waals surface area contributed by atoms with Gasteiger partial charge in [0, 0.05) is 23.2 Å². The van der Waals surface area contributed by atoms with Gasteiger partial charge in [0.1, 0.15) is 11.4 Å². The van der Waals surface area contributed by atoms with E-state index in [0.29, 0.717) is 16.8 Å². The van der Waals surface area contributed by atoms with Gasteiger partial charge in [0.15, 0.2) is 5.43 Å². The second-order valence-electron chi connectivity index (χ2n) is 4.91. The number of fused-ring (bicyclic) bond motifs is 1. The minimum absolute atomic E-state index is 0.0483. The fourth-order valence-corrected chi connectivity index (χ4v) is 2.39. The van der Waals surface area contributed by atoms with E-state index < -0.39 is 0 Å². The monoisotopic (exact) mass is 281 g/mol. The van der Waals surface area contributed by atoms with Crippen LogP contribution in [0.4, 0.5) is 0 Å². The molecule has 0 aliphatic carbocycles. The molecule has 0 radical (unpaired) electrons. The minimum Gasteiger partial charge on any atom is -0.496 e. The quantitative estimate of drug-likeness (QED) is 0.784. The number of rotatable bonds is 2. The summed E-state index contributed by atoms with van der Waals surface area (Å²) in [6.45, 7) is 3.78. The zero-order valence-electron chi connectivity index (χ0n) is 12.1. The number of H-pyrrole nitrogens is 1. The van der Waals surface area contributed by atoms with E-state index in [1.807, 2.05) is 13.8 Å². The van der Waals surface area contributed by atoms with Crippen LogP contribution in [0.2, 0.25) is 0 Å². The Morgan fingerprint density at radius 3 is 2.71 bits per heavy atom. The molecule has 0 fully saturated rings. The lowest BCUT2D eigenvalue weighted by Crippen LogP contribution is -2.05. The number of ether oxygens (including phenoxy) is 1. The topological polar surface area (TPSA) is 67.9 Å². The van der Waals surface area contributed by atoms with Crippen molar-refractivity contribution in [2.75, 3.05) is 7.11 Å². The highest BCUT2D eigenvalue weighted by Crippen LogP contribution is 2.25. The van der Waals surface area contributed by atoms with E-state index in [1.54, 1.807) is 37.7 Å². The van der Waals surface area contributed by atoms with Crippen molar-refractivity contribution in [3.05, 3.63) is 52.1 Å². The largest absolute Gasteiger partial charge is 0.496 e. The molecule has 0 spiro atoms. The van der Waals surface area contributed by atoms with Crippen LogP contribution in [-0.4, -0.2) is 22.1 Å². The molecule has 0 unspecified atom stereocenters. The van der Waals surface area contributed by atoms with Crippen LogP contribution in [0.5, 0.6) is 5.75 Å². The average molecular weight is 281 g/mol. The maximum Gasteiger partial charge on any atom is 0.190 e. The van der Waals surface area contributed by atoms with Crippen LogP contribution >= 0.6 is 0 Å². The summed E-state index contributed by atoms with van der Waals surface area (Å²) in [4.78, 5) is 24.1. The molecular formula is C16H15N3O2. The van der Waals surface area contributed by atoms with Gasteiger partial charge in [0.2, 0.25) is 0 Å². The number of methoxy groups -OCH3 is 1. The van der Waals surface area contributed by atoms with Gasteiger partial charge >= 0.3 is 0 Å². The Labute approximate surface area is 121 Å². The van der Waals surface area contributed by atoms with Crippen LogP contribution in [0, 0.1) is 13.8 Å². The van der Waals surface area contributed by atoms with Crippen molar-refractivity contribution in [1.29, 1.82) is 0 Å². The molecule has 0 amide bonds. The lowest BCUT2D eigenvalue weighted by molar-refractivity contribution is 0.412. The maximum atomic E-state index is 12.3. The van der Waals surface area contributed by atoms with Gasteiger partial charge < -0.3 is 9.72 Å². The molecular weight excluding hydrogens is 266 g/mol. The third-order valence-electron chi connectivity index (χ3n) is 3.47. The summed E-state index contributed by atoms with van der Waals surface area (Å²) in [6, 6.07) is 5.13. The summed E-state index contributed by atoms with van der Waals surface area (Å²) in [5.41, 5.74) is 3.72. The third kappa shape index (κ3) is 2.27. The standard InChI is InChI=1S/C16H15N3O2/c1-9-7-17-8-13(18-9)12-6-14(20)11-4-5-15(21-3)10(2)16(11)19-12/h4-8H,1-3H3,(H,19,20). The number of pyridine rings is 1. The van der Waals surface area contributed by atoms with Crippen molar-refractivity contribution < 1.29 is 4.74 Å². The molecule has 0 saturated carbocycles. The van der Waals surface area contributed by atoms with Crippen molar-refractivity contribution in [3.8, 4) is 17.1 Å². The maximum absolute atomic E-state index is 12.3. The molecule has 5 nitrogen and oxygen atoms in total. The summed E-state index contributed by atoms with van der Waals surface area (Å²) < 4.78 is 5.31. The van der Waals surface area contributed by atoms with E-state index >= 15 is 0 Å². The Bertz CT molecular complexity index is 884. The predicted molar refractivity (Wildman–Crippen MR) is 81.6 cm³/mol. The van der Waals surface area contributed by atoms with Gasteiger partial charge in [-0.15, -0.1) is 0 Å². The molecule has 106 valence electrons. The zero-order chi connectivity index (χ0) is 15.0. The summed E-state index contributed by atoms with van der Waals surface area (Å²) in [5.74, 6) is 0.741. The Hall–Kier alpha value is -2.69. The van der Waals surface area contributed by atoms with E-state index in [1.165, 1.54) is 0 Å². The molecule has 0 bridgehead atoms. The smallest absolute Gasteiger partial charge is 0.190 e. The van der Waals surface area contributed by atoms with Crippen molar-refractivity contribution >= 4 is 10.9 Å². The van der Waals surface area contributed by atoms with Crippen LogP contribution in [0.25, 0.3) is 22.3 Å². The first-order chi connectivity index (χ1) is 10.1. The SMILES string of the molecule is COc1ccc2c(=O)cc(-c3cncc(C)n3)[nH]c2c1C. The van der Waals surface area contributed by atoms with E-state index in [0.717, 1.165) is 22.5 Å². The van der Waals surface area contributed by atoms with E-state index in [9.17, 15) is 4.79 Å². The molecule has 0 aliphatic heterocycles. The zero-order valence-corrected chi connectivity index (χ0v) is 12.1. The van der Waals surface area contributed by atoms with Crippen molar-refractivity contribution in [3.63, 3.8) is 0 Å². The first kappa shape index (κ1) is 13.3. The third-order valence-corrected chi connectivity index (χ3v) is 3.47. The van der Waals surface area contributed by atoms with Gasteiger partial charge in [-0.25, -0.2) is 4.98 Å². The number of hydrogen-bond acceptors (Lipinski definition) is 4. The number of aromatic amines is 1. The molecule has 1 aromatic carbocycles. The van der Waals surface area contributed by atoms with Crippen LogP contribution in [0.15, 0.2) is 35.4 Å². The first-order valence-electron chi connectivity index (χ1n) is 6.60. The van der Waals surface area contributed by atoms with Gasteiger partial charge in [0.05, 0.1) is 30.2 Å². The van der Waals surface area contributed by atoms with Crippen LogP contribution in [0.3, 0.4) is 0 Å². The number of nitrogens with zero attached hydrogens (tertiary/aromatic N) is 2. The summed E-state index contributed by atoms with van der Waals surface area (Å²) >= 11 is 0. The highest BCUT2D eigenvalue weighted by atomic mass is 16.5. The predicted octanol–water partition coefficient (Wildman–Crippen LogP) is 2.61. The van der Waals surface area contributed by atoms with Gasteiger partial charge in [0.25, 0.3) is 0 Å². The summed E-state index contributed by atoms with van der Waals surface area (Å²) in [5, 5.41) is 0.637. The molecule has 2 aromatic heterocycles. The second-order valence-corrected chi connectivity index (χ2v) is 4.91. The number of aromatic nitrogens is 3. The van der Waals surface area contributed by atoms with E-state index in [-0.39, 0.29) is 5.43 Å². The van der Waals surface area contributed by atoms with Gasteiger partial charge in [-0.05, 0) is 26.0 Å². The normalized spacial score (nSPS) is 10.8. The minimum atomic E-state index is -0.0483. The molecule has 0 atom stereocenters. The van der Waals surface area contributed by atoms with Crippen LogP contribution < -0.4 is 10.2 Å². The number of hydrogen-bond donors (Lipinski definition) is 1. The molecule has 5 heteroatoms. The fraction of sp³-hybridized carbons (Fsp3) is 0.188. The fourth-order valence-electron chi connectivity index (χ4n) is 2.39. The molecule has 21 heavy (non-hydrogen) atoms. The van der Waals surface area contributed by atoms with Crippen molar-refractivity contribution in [2.45, 2.75) is 13.8 Å². The highest BCUT2D eigenvalue weighted by Gasteiger charge is 2.10. The molecule has 1 N–H and O–H groups in total. The van der Waals surface area contributed by atoms with E-state index in [2.05, 4.69) is 15.0 Å². The van der Waals surface area contributed by atoms with E-state index in [4.69, 9.17) is 4.74 Å². The molecule has 0 saturated heterocycles. The number of nitrogens with one attached hydrogen (secondary N) is 1.